The van der Waals surface area contributed by atoms with Crippen LogP contribution in [0.1, 0.15) is 47.4 Å². The molecule has 7 nitrogen and oxygen atoms in total. The van der Waals surface area contributed by atoms with E-state index in [-0.39, 0.29) is 29.3 Å². The fourth-order valence-corrected chi connectivity index (χ4v) is 6.37. The maximum Gasteiger partial charge on any atom is 0.274 e. The predicted octanol–water partition coefficient (Wildman–Crippen LogP) is 1.24. The highest BCUT2D eigenvalue weighted by Gasteiger charge is 2.51. The molecule has 0 aromatic carbocycles. The highest BCUT2D eigenvalue weighted by molar-refractivity contribution is 8.01. The second-order valence-corrected chi connectivity index (χ2v) is 9.75. The van der Waals surface area contributed by atoms with E-state index in [0.717, 1.165) is 81.7 Å². The Bertz CT molecular complexity index is 752. The van der Waals surface area contributed by atoms with Crippen LogP contribution in [0.2, 0.25) is 0 Å². The van der Waals surface area contributed by atoms with Crippen LogP contribution in [0.3, 0.4) is 0 Å². The number of ether oxygens (including phenoxy) is 1. The van der Waals surface area contributed by atoms with Gasteiger partial charge in [0.2, 0.25) is 5.91 Å². The van der Waals surface area contributed by atoms with E-state index >= 15 is 0 Å². The van der Waals surface area contributed by atoms with Gasteiger partial charge in [-0.15, -0.1) is 11.8 Å². The Morgan fingerprint density at radius 1 is 1.19 bits per heavy atom. The minimum Gasteiger partial charge on any atom is -0.367 e. The summed E-state index contributed by atoms with van der Waals surface area (Å²) in [6.45, 7) is 3.47. The van der Waals surface area contributed by atoms with Crippen LogP contribution < -0.4 is 0 Å². The minimum absolute atomic E-state index is 0.0641. The van der Waals surface area contributed by atoms with Gasteiger partial charge in [0, 0.05) is 43.2 Å². The van der Waals surface area contributed by atoms with Crippen molar-refractivity contribution in [3.05, 3.63) is 17.0 Å². The molecule has 3 saturated heterocycles. The van der Waals surface area contributed by atoms with Gasteiger partial charge in [0.15, 0.2) is 5.69 Å². The van der Waals surface area contributed by atoms with Crippen LogP contribution in [0, 0.1) is 0 Å². The first-order valence-corrected chi connectivity index (χ1v) is 11.0. The fraction of sp³-hybridized carbons (Fsp3) is 0.737. The lowest BCUT2D eigenvalue weighted by Crippen LogP contribution is -2.61. The number of hydrogen-bond donors (Lipinski definition) is 1. The van der Waals surface area contributed by atoms with Crippen LogP contribution in [0.5, 0.6) is 0 Å². The molecule has 8 heteroatoms. The summed E-state index contributed by atoms with van der Waals surface area (Å²) < 4.78 is 6.01. The van der Waals surface area contributed by atoms with Gasteiger partial charge in [0.25, 0.3) is 5.91 Å². The smallest absolute Gasteiger partial charge is 0.274 e. The molecule has 1 aromatic heterocycles. The summed E-state index contributed by atoms with van der Waals surface area (Å²) in [5.74, 6) is 1.10. The molecule has 0 saturated carbocycles. The number of aromatic amines is 1. The maximum absolute atomic E-state index is 12.8. The molecule has 0 bridgehead atoms. The van der Waals surface area contributed by atoms with Gasteiger partial charge in [0.1, 0.15) is 6.61 Å². The average molecular weight is 391 g/mol. The number of carbonyl (C=O) groups excluding carboxylic acids is 2. The molecule has 3 fully saturated rings. The van der Waals surface area contributed by atoms with Crippen molar-refractivity contribution in [2.75, 3.05) is 38.5 Å². The Labute approximate surface area is 163 Å². The number of thioether (sulfide) groups is 1. The molecule has 1 N–H and O–H groups in total. The van der Waals surface area contributed by atoms with Crippen LogP contribution in [0.15, 0.2) is 0 Å². The third-order valence-electron chi connectivity index (χ3n) is 6.33. The van der Waals surface area contributed by atoms with E-state index in [4.69, 9.17) is 4.74 Å². The predicted molar refractivity (Wildman–Crippen MR) is 102 cm³/mol. The zero-order valence-electron chi connectivity index (χ0n) is 15.5. The van der Waals surface area contributed by atoms with E-state index in [1.807, 2.05) is 21.6 Å². The van der Waals surface area contributed by atoms with Crippen LogP contribution in [-0.4, -0.2) is 81.2 Å². The Hall–Kier alpha value is -1.54. The standard InChI is InChI=1S/C19H26N4O3S/c24-16(22-6-1-2-7-22)9-26-13-8-19(27-10-13)11-23(12-19)18(25)17-14-4-3-5-15(14)20-21-17/h13H,1-12H2,(H,20,21)/t13-/m1/s1. The van der Waals surface area contributed by atoms with Gasteiger partial charge in [-0.3, -0.25) is 14.7 Å². The summed E-state index contributed by atoms with van der Waals surface area (Å²) in [4.78, 5) is 28.8. The van der Waals surface area contributed by atoms with Crippen molar-refractivity contribution in [3.8, 4) is 0 Å². The van der Waals surface area contributed by atoms with E-state index < -0.39 is 0 Å². The van der Waals surface area contributed by atoms with Crippen molar-refractivity contribution in [2.45, 2.75) is 49.4 Å². The molecule has 3 aliphatic heterocycles. The summed E-state index contributed by atoms with van der Waals surface area (Å²) in [5, 5.41) is 7.30. The molecule has 1 aliphatic carbocycles. The SMILES string of the molecule is O=C(CO[C@H]1CSC2(C1)CN(C(=O)c1n[nH]c3c1CCC3)C2)N1CCCC1. The van der Waals surface area contributed by atoms with Crippen LogP contribution >= 0.6 is 11.8 Å². The van der Waals surface area contributed by atoms with Crippen molar-refractivity contribution in [2.24, 2.45) is 0 Å². The number of amides is 2. The minimum atomic E-state index is 0.0641. The second-order valence-electron chi connectivity index (χ2n) is 8.26. The quantitative estimate of drug-likeness (QED) is 0.837. The number of nitrogens with one attached hydrogen (secondary N) is 1. The molecule has 4 heterocycles. The highest BCUT2D eigenvalue weighted by atomic mass is 32.2. The van der Waals surface area contributed by atoms with Crippen molar-refractivity contribution >= 4 is 23.6 Å². The molecule has 0 unspecified atom stereocenters. The molecule has 1 aromatic rings. The summed E-state index contributed by atoms with van der Waals surface area (Å²) in [6, 6.07) is 0. The van der Waals surface area contributed by atoms with Gasteiger partial charge >= 0.3 is 0 Å². The van der Waals surface area contributed by atoms with Crippen molar-refractivity contribution in [3.63, 3.8) is 0 Å². The summed E-state index contributed by atoms with van der Waals surface area (Å²) in [6.07, 6.45) is 6.33. The number of nitrogens with zero attached hydrogens (tertiary/aromatic N) is 3. The number of H-pyrrole nitrogens is 1. The van der Waals surface area contributed by atoms with Crippen molar-refractivity contribution in [1.82, 2.24) is 20.0 Å². The third-order valence-corrected chi connectivity index (χ3v) is 7.91. The lowest BCUT2D eigenvalue weighted by atomic mass is 9.92. The van der Waals surface area contributed by atoms with Gasteiger partial charge in [-0.1, -0.05) is 0 Å². The third kappa shape index (κ3) is 3.16. The average Bonchev–Trinajstić information content (AvgIpc) is 3.41. The molecule has 5 rings (SSSR count). The first-order chi connectivity index (χ1) is 13.1. The summed E-state index contributed by atoms with van der Waals surface area (Å²) in [7, 11) is 0. The zero-order chi connectivity index (χ0) is 18.4. The molecule has 4 aliphatic rings. The highest BCUT2D eigenvalue weighted by Crippen LogP contribution is 2.46. The Morgan fingerprint density at radius 3 is 2.81 bits per heavy atom. The molecular formula is C19H26N4O3S. The van der Waals surface area contributed by atoms with Gasteiger partial charge < -0.3 is 14.5 Å². The van der Waals surface area contributed by atoms with Gasteiger partial charge in [0.05, 0.1) is 10.9 Å². The first-order valence-electron chi connectivity index (χ1n) is 10.0. The number of carbonyl (C=O) groups is 2. The number of hydrogen-bond acceptors (Lipinski definition) is 5. The number of fused-ring (bicyclic) bond motifs is 1. The van der Waals surface area contributed by atoms with E-state index in [2.05, 4.69) is 10.2 Å². The van der Waals surface area contributed by atoms with Gasteiger partial charge in [-0.2, -0.15) is 5.10 Å². The molecule has 1 atom stereocenters. The van der Waals surface area contributed by atoms with Crippen LogP contribution in [0.25, 0.3) is 0 Å². The van der Waals surface area contributed by atoms with Crippen LogP contribution in [-0.2, 0) is 22.4 Å². The molecular weight excluding hydrogens is 364 g/mol. The Morgan fingerprint density at radius 2 is 2.00 bits per heavy atom. The van der Waals surface area contributed by atoms with Gasteiger partial charge in [-0.05, 0) is 38.5 Å². The zero-order valence-corrected chi connectivity index (χ0v) is 16.4. The van der Waals surface area contributed by atoms with Crippen LogP contribution in [0.4, 0.5) is 0 Å². The van der Waals surface area contributed by atoms with Gasteiger partial charge in [-0.25, -0.2) is 0 Å². The van der Waals surface area contributed by atoms with E-state index in [9.17, 15) is 9.59 Å². The lowest BCUT2D eigenvalue weighted by molar-refractivity contribution is -0.136. The molecule has 1 spiro atoms. The van der Waals surface area contributed by atoms with Crippen molar-refractivity contribution in [1.29, 1.82) is 0 Å². The summed E-state index contributed by atoms with van der Waals surface area (Å²) >= 11 is 1.90. The van der Waals surface area contributed by atoms with E-state index in [1.165, 1.54) is 0 Å². The number of aryl methyl sites for hydroxylation is 1. The fourth-order valence-electron chi connectivity index (χ4n) is 4.82. The molecule has 27 heavy (non-hydrogen) atoms. The maximum atomic E-state index is 12.8. The Kier molecular flexibility index (Phi) is 4.43. The number of likely N-dealkylation sites (tertiary alicyclic amines) is 2. The second kappa shape index (κ2) is 6.81. The Balaban J connectivity index is 1.11. The largest absolute Gasteiger partial charge is 0.367 e. The van der Waals surface area contributed by atoms with E-state index in [0.29, 0.717) is 5.69 Å². The molecule has 146 valence electrons. The lowest BCUT2D eigenvalue weighted by Gasteiger charge is -2.47. The summed E-state index contributed by atoms with van der Waals surface area (Å²) in [5.41, 5.74) is 2.89. The number of rotatable bonds is 4. The molecule has 2 amide bonds. The topological polar surface area (TPSA) is 78.5 Å². The van der Waals surface area contributed by atoms with E-state index in [1.54, 1.807) is 0 Å². The normalized spacial score (nSPS) is 25.9. The molecule has 0 radical (unpaired) electrons. The monoisotopic (exact) mass is 390 g/mol. The first kappa shape index (κ1) is 17.6. The number of aromatic nitrogens is 2. The van der Waals surface area contributed by atoms with Crippen molar-refractivity contribution < 1.29 is 14.3 Å².